The molecule has 0 aliphatic carbocycles. The van der Waals surface area contributed by atoms with Gasteiger partial charge in [0, 0.05) is 6.26 Å². The fraction of sp³-hybridized carbons (Fsp3) is 0.250. The number of hydrogen-bond acceptors (Lipinski definition) is 5. The Labute approximate surface area is 116 Å². The van der Waals surface area contributed by atoms with Crippen LogP contribution in [0.2, 0.25) is 0 Å². The van der Waals surface area contributed by atoms with E-state index in [1.54, 1.807) is 19.1 Å². The number of sulfone groups is 1. The number of carbonyl (C=O) groups is 1. The highest BCUT2D eigenvalue weighted by molar-refractivity contribution is 7.90. The monoisotopic (exact) mass is 294 g/mol. The first-order valence-corrected chi connectivity index (χ1v) is 7.74. The molecule has 1 amide bonds. The van der Waals surface area contributed by atoms with Crippen molar-refractivity contribution in [3.63, 3.8) is 0 Å². The number of nitrogens with zero attached hydrogens (tertiary/aromatic N) is 2. The van der Waals surface area contributed by atoms with E-state index in [0.29, 0.717) is 0 Å². The molecule has 0 saturated heterocycles. The molecule has 0 fully saturated rings. The van der Waals surface area contributed by atoms with Crippen LogP contribution in [0.1, 0.15) is 29.0 Å². The topological polar surface area (TPSA) is 105 Å². The maximum atomic E-state index is 11.8. The molecule has 20 heavy (non-hydrogen) atoms. The molecule has 0 spiro atoms. The number of nitrogens with one attached hydrogen (secondary N) is 2. The predicted molar refractivity (Wildman–Crippen MR) is 71.8 cm³/mol. The summed E-state index contributed by atoms with van der Waals surface area (Å²) in [6.45, 7) is 1.80. The highest BCUT2D eigenvalue weighted by atomic mass is 32.2. The lowest BCUT2D eigenvalue weighted by molar-refractivity contribution is 0.0934. The quantitative estimate of drug-likeness (QED) is 0.863. The zero-order valence-electron chi connectivity index (χ0n) is 11.0. The zero-order chi connectivity index (χ0) is 14.8. The predicted octanol–water partition coefficient (Wildman–Crippen LogP) is 0.699. The number of aromatic nitrogens is 3. The minimum absolute atomic E-state index is 0.199. The van der Waals surface area contributed by atoms with E-state index in [0.717, 1.165) is 11.8 Å². The van der Waals surface area contributed by atoms with Gasteiger partial charge in [-0.25, -0.2) is 8.42 Å². The van der Waals surface area contributed by atoms with Crippen molar-refractivity contribution in [1.29, 1.82) is 0 Å². The Kier molecular flexibility index (Phi) is 3.84. The molecule has 0 bridgehead atoms. The van der Waals surface area contributed by atoms with Gasteiger partial charge < -0.3 is 5.32 Å². The van der Waals surface area contributed by atoms with E-state index < -0.39 is 9.84 Å². The maximum Gasteiger partial charge on any atom is 0.273 e. The Morgan fingerprint density at radius 1 is 1.30 bits per heavy atom. The number of amides is 1. The maximum absolute atomic E-state index is 11.8. The number of benzene rings is 1. The molecule has 0 radical (unpaired) electrons. The van der Waals surface area contributed by atoms with Crippen LogP contribution in [0.4, 0.5) is 0 Å². The van der Waals surface area contributed by atoms with Gasteiger partial charge in [-0.05, 0) is 24.6 Å². The molecule has 0 aliphatic rings. The van der Waals surface area contributed by atoms with E-state index in [4.69, 9.17) is 0 Å². The summed E-state index contributed by atoms with van der Waals surface area (Å²) in [4.78, 5) is 12.0. The molecule has 1 aromatic carbocycles. The highest BCUT2D eigenvalue weighted by Crippen LogP contribution is 2.16. The second-order valence-electron chi connectivity index (χ2n) is 4.39. The van der Waals surface area contributed by atoms with Crippen LogP contribution in [-0.2, 0) is 9.84 Å². The van der Waals surface area contributed by atoms with Crippen molar-refractivity contribution < 1.29 is 13.2 Å². The second-order valence-corrected chi connectivity index (χ2v) is 6.41. The van der Waals surface area contributed by atoms with Crippen LogP contribution in [0, 0.1) is 0 Å². The summed E-state index contributed by atoms with van der Waals surface area (Å²) in [6, 6.07) is 6.11. The van der Waals surface area contributed by atoms with E-state index >= 15 is 0 Å². The van der Waals surface area contributed by atoms with Gasteiger partial charge >= 0.3 is 0 Å². The van der Waals surface area contributed by atoms with Crippen molar-refractivity contribution in [2.75, 3.05) is 6.26 Å². The summed E-state index contributed by atoms with van der Waals surface area (Å²) >= 11 is 0. The number of aromatic amines is 1. The van der Waals surface area contributed by atoms with Gasteiger partial charge in [0.05, 0.1) is 17.1 Å². The number of H-pyrrole nitrogens is 1. The van der Waals surface area contributed by atoms with E-state index in [2.05, 4.69) is 20.7 Å². The average molecular weight is 294 g/mol. The third kappa shape index (κ3) is 3.21. The molecule has 0 saturated carbocycles. The van der Waals surface area contributed by atoms with Crippen LogP contribution < -0.4 is 5.32 Å². The number of hydrogen-bond donors (Lipinski definition) is 2. The Balaban J connectivity index is 2.10. The highest BCUT2D eigenvalue weighted by Gasteiger charge is 2.14. The standard InChI is InChI=1S/C12H14N4O3S/c1-8(14-12(17)11-7-13-16-15-11)9-3-5-10(6-4-9)20(2,18)19/h3-8H,1-2H3,(H,14,17)(H,13,15,16). The summed E-state index contributed by atoms with van der Waals surface area (Å²) in [5.41, 5.74) is 0.999. The van der Waals surface area contributed by atoms with E-state index in [1.807, 2.05) is 0 Å². The second kappa shape index (κ2) is 5.41. The lowest BCUT2D eigenvalue weighted by Crippen LogP contribution is -2.27. The molecular formula is C12H14N4O3S. The molecule has 106 valence electrons. The van der Waals surface area contributed by atoms with Gasteiger partial charge in [-0.1, -0.05) is 12.1 Å². The normalized spacial score (nSPS) is 12.9. The molecule has 1 aromatic heterocycles. The van der Waals surface area contributed by atoms with Crippen molar-refractivity contribution >= 4 is 15.7 Å². The summed E-state index contributed by atoms with van der Waals surface area (Å²) in [6.07, 6.45) is 2.48. The molecule has 1 unspecified atom stereocenters. The number of carbonyl (C=O) groups excluding carboxylic acids is 1. The lowest BCUT2D eigenvalue weighted by atomic mass is 10.1. The van der Waals surface area contributed by atoms with Gasteiger partial charge in [0.25, 0.3) is 5.91 Å². The first-order chi connectivity index (χ1) is 9.38. The van der Waals surface area contributed by atoms with Crippen LogP contribution in [0.15, 0.2) is 35.4 Å². The molecule has 2 rings (SSSR count). The van der Waals surface area contributed by atoms with Crippen molar-refractivity contribution in [1.82, 2.24) is 20.7 Å². The minimum atomic E-state index is -3.21. The van der Waals surface area contributed by atoms with E-state index in [-0.39, 0.29) is 22.5 Å². The third-order valence-electron chi connectivity index (χ3n) is 2.80. The first-order valence-electron chi connectivity index (χ1n) is 5.84. The summed E-state index contributed by atoms with van der Waals surface area (Å²) in [7, 11) is -3.21. The Morgan fingerprint density at radius 3 is 2.45 bits per heavy atom. The number of rotatable bonds is 4. The lowest BCUT2D eigenvalue weighted by Gasteiger charge is -2.13. The Hall–Kier alpha value is -2.22. The summed E-state index contributed by atoms with van der Waals surface area (Å²) < 4.78 is 22.7. The molecule has 2 aromatic rings. The molecular weight excluding hydrogens is 280 g/mol. The van der Waals surface area contributed by atoms with Crippen LogP contribution in [-0.4, -0.2) is 36.0 Å². The molecule has 1 heterocycles. The largest absolute Gasteiger partial charge is 0.344 e. The zero-order valence-corrected chi connectivity index (χ0v) is 11.8. The fourth-order valence-corrected chi connectivity index (χ4v) is 2.30. The van der Waals surface area contributed by atoms with Gasteiger partial charge in [-0.2, -0.15) is 15.4 Å². The minimum Gasteiger partial charge on any atom is -0.344 e. The first kappa shape index (κ1) is 14.2. The van der Waals surface area contributed by atoms with E-state index in [1.165, 1.54) is 18.3 Å². The van der Waals surface area contributed by atoms with Crippen LogP contribution in [0.3, 0.4) is 0 Å². The molecule has 0 aliphatic heterocycles. The van der Waals surface area contributed by atoms with Crippen LogP contribution >= 0.6 is 0 Å². The molecule has 1 atom stereocenters. The molecule has 8 heteroatoms. The molecule has 7 nitrogen and oxygen atoms in total. The van der Waals surface area contributed by atoms with Gasteiger partial charge in [-0.15, -0.1) is 0 Å². The Morgan fingerprint density at radius 2 is 1.95 bits per heavy atom. The summed E-state index contributed by atoms with van der Waals surface area (Å²) in [5.74, 6) is -0.349. The van der Waals surface area contributed by atoms with Crippen molar-refractivity contribution in [2.24, 2.45) is 0 Å². The molecule has 2 N–H and O–H groups in total. The van der Waals surface area contributed by atoms with E-state index in [9.17, 15) is 13.2 Å². The smallest absolute Gasteiger partial charge is 0.273 e. The van der Waals surface area contributed by atoms with Crippen molar-refractivity contribution in [3.8, 4) is 0 Å². The third-order valence-corrected chi connectivity index (χ3v) is 3.93. The summed E-state index contributed by atoms with van der Waals surface area (Å²) in [5, 5.41) is 12.3. The van der Waals surface area contributed by atoms with Crippen molar-refractivity contribution in [2.45, 2.75) is 17.9 Å². The van der Waals surface area contributed by atoms with Gasteiger partial charge in [0.1, 0.15) is 0 Å². The average Bonchev–Trinajstić information content (AvgIpc) is 2.91. The SMILES string of the molecule is CC(NC(=O)c1cn[nH]n1)c1ccc(S(C)(=O)=O)cc1. The van der Waals surface area contributed by atoms with Gasteiger partial charge in [0.15, 0.2) is 15.5 Å². The van der Waals surface area contributed by atoms with Gasteiger partial charge in [0.2, 0.25) is 0 Å². The van der Waals surface area contributed by atoms with Crippen LogP contribution in [0.25, 0.3) is 0 Å². The fourth-order valence-electron chi connectivity index (χ4n) is 1.67. The Bertz CT molecular complexity index is 693. The van der Waals surface area contributed by atoms with Gasteiger partial charge in [-0.3, -0.25) is 4.79 Å². The van der Waals surface area contributed by atoms with Crippen molar-refractivity contribution in [3.05, 3.63) is 41.7 Å². The van der Waals surface area contributed by atoms with Crippen LogP contribution in [0.5, 0.6) is 0 Å².